The Morgan fingerprint density at radius 2 is 2.27 bits per heavy atom. The quantitative estimate of drug-likeness (QED) is 0.736. The molecule has 0 fully saturated rings. The van der Waals surface area contributed by atoms with E-state index in [-0.39, 0.29) is 6.10 Å². The van der Waals surface area contributed by atoms with Crippen molar-refractivity contribution in [3.8, 4) is 0 Å². The highest BCUT2D eigenvalue weighted by atomic mass is 16.5. The Morgan fingerprint density at radius 3 is 3.13 bits per heavy atom. The van der Waals surface area contributed by atoms with Crippen molar-refractivity contribution in [3.63, 3.8) is 0 Å². The Balaban J connectivity index is 2.18. The van der Waals surface area contributed by atoms with Gasteiger partial charge in [0, 0.05) is 7.11 Å². The summed E-state index contributed by atoms with van der Waals surface area (Å²) in [5.74, 6) is 0. The molecule has 0 saturated heterocycles. The molecule has 1 aliphatic rings. The van der Waals surface area contributed by atoms with E-state index in [2.05, 4.69) is 36.4 Å². The summed E-state index contributed by atoms with van der Waals surface area (Å²) >= 11 is 0. The maximum atomic E-state index is 5.67. The van der Waals surface area contributed by atoms with Crippen LogP contribution in [-0.2, 0) is 15.9 Å². The molecule has 2 rings (SSSR count). The average molecular weight is 204 g/mol. The summed E-state index contributed by atoms with van der Waals surface area (Å²) in [7, 11) is 1.70. The summed E-state index contributed by atoms with van der Waals surface area (Å²) in [6, 6.07) is 8.43. The van der Waals surface area contributed by atoms with Gasteiger partial charge < -0.3 is 9.47 Å². The van der Waals surface area contributed by atoms with Gasteiger partial charge in [-0.25, -0.2) is 0 Å². The zero-order chi connectivity index (χ0) is 10.5. The first kappa shape index (κ1) is 10.4. The number of hydrogen-bond acceptors (Lipinski definition) is 2. The summed E-state index contributed by atoms with van der Waals surface area (Å²) in [4.78, 5) is 0. The molecule has 0 spiro atoms. The molecular formula is C13H16O2. The molecule has 80 valence electrons. The molecule has 0 aromatic heterocycles. The first-order chi connectivity index (χ1) is 7.40. The van der Waals surface area contributed by atoms with Gasteiger partial charge in [-0.05, 0) is 17.5 Å². The molecule has 2 nitrogen and oxygen atoms in total. The minimum absolute atomic E-state index is 0.0864. The van der Waals surface area contributed by atoms with Gasteiger partial charge in [0.15, 0.2) is 0 Å². The van der Waals surface area contributed by atoms with Crippen LogP contribution in [0.25, 0.3) is 6.08 Å². The summed E-state index contributed by atoms with van der Waals surface area (Å²) in [5.41, 5.74) is 2.64. The molecule has 0 N–H and O–H groups in total. The third-order valence-electron chi connectivity index (χ3n) is 2.58. The molecule has 0 amide bonds. The van der Waals surface area contributed by atoms with Crippen molar-refractivity contribution in [1.82, 2.24) is 0 Å². The minimum Gasteiger partial charge on any atom is -0.382 e. The second-order valence-corrected chi connectivity index (χ2v) is 3.67. The van der Waals surface area contributed by atoms with Crippen molar-refractivity contribution in [2.75, 3.05) is 20.3 Å². The van der Waals surface area contributed by atoms with E-state index in [9.17, 15) is 0 Å². The number of benzene rings is 1. The van der Waals surface area contributed by atoms with Gasteiger partial charge in [-0.1, -0.05) is 36.4 Å². The first-order valence-corrected chi connectivity index (χ1v) is 5.27. The number of rotatable bonds is 2. The van der Waals surface area contributed by atoms with E-state index in [0.717, 1.165) is 13.0 Å². The highest BCUT2D eigenvalue weighted by molar-refractivity contribution is 5.54. The van der Waals surface area contributed by atoms with E-state index in [1.165, 1.54) is 11.1 Å². The van der Waals surface area contributed by atoms with Crippen molar-refractivity contribution in [3.05, 3.63) is 41.5 Å². The van der Waals surface area contributed by atoms with Crippen LogP contribution in [0.3, 0.4) is 0 Å². The average Bonchev–Trinajstić information content (AvgIpc) is 2.23. The molecule has 15 heavy (non-hydrogen) atoms. The zero-order valence-corrected chi connectivity index (χ0v) is 8.98. The predicted molar refractivity (Wildman–Crippen MR) is 60.8 cm³/mol. The lowest BCUT2D eigenvalue weighted by Crippen LogP contribution is -2.19. The van der Waals surface area contributed by atoms with Crippen LogP contribution in [0, 0.1) is 0 Å². The Hall–Kier alpha value is -1.12. The SMILES string of the molecule is COCC1/C=C\c2ccccc2CCO1. The van der Waals surface area contributed by atoms with Gasteiger partial charge in [0.2, 0.25) is 0 Å². The predicted octanol–water partition coefficient (Wildman–Crippen LogP) is 2.29. The fraction of sp³-hybridized carbons (Fsp3) is 0.385. The van der Waals surface area contributed by atoms with Crippen LogP contribution in [0.4, 0.5) is 0 Å². The first-order valence-electron chi connectivity index (χ1n) is 5.27. The van der Waals surface area contributed by atoms with E-state index in [0.29, 0.717) is 6.61 Å². The summed E-state index contributed by atoms with van der Waals surface area (Å²) in [6.45, 7) is 1.38. The van der Waals surface area contributed by atoms with E-state index in [1.54, 1.807) is 7.11 Å². The van der Waals surface area contributed by atoms with Crippen LogP contribution in [0.15, 0.2) is 30.3 Å². The zero-order valence-electron chi connectivity index (χ0n) is 8.98. The van der Waals surface area contributed by atoms with Crippen molar-refractivity contribution in [2.24, 2.45) is 0 Å². The minimum atomic E-state index is 0.0864. The maximum Gasteiger partial charge on any atom is 0.0992 e. The topological polar surface area (TPSA) is 18.5 Å². The Labute approximate surface area is 90.5 Å². The van der Waals surface area contributed by atoms with Gasteiger partial charge in [-0.2, -0.15) is 0 Å². The normalized spacial score (nSPS) is 22.6. The molecule has 1 atom stereocenters. The Bertz CT molecular complexity index is 344. The molecule has 0 radical (unpaired) electrons. The van der Waals surface area contributed by atoms with Crippen LogP contribution in [0.2, 0.25) is 0 Å². The van der Waals surface area contributed by atoms with Crippen LogP contribution in [-0.4, -0.2) is 26.4 Å². The highest BCUT2D eigenvalue weighted by Gasteiger charge is 2.09. The number of fused-ring (bicyclic) bond motifs is 1. The lowest BCUT2D eigenvalue weighted by atomic mass is 10.0. The van der Waals surface area contributed by atoms with Gasteiger partial charge >= 0.3 is 0 Å². The lowest BCUT2D eigenvalue weighted by molar-refractivity contribution is 0.0271. The third kappa shape index (κ3) is 2.67. The molecule has 1 aromatic carbocycles. The second kappa shape index (κ2) is 5.10. The van der Waals surface area contributed by atoms with Gasteiger partial charge in [-0.15, -0.1) is 0 Å². The highest BCUT2D eigenvalue weighted by Crippen LogP contribution is 2.15. The standard InChI is InChI=1S/C13H16O2/c1-14-10-13-7-6-11-4-2-3-5-12(11)8-9-15-13/h2-7,13H,8-10H2,1H3/b7-6-. The van der Waals surface area contributed by atoms with Crippen LogP contribution >= 0.6 is 0 Å². The van der Waals surface area contributed by atoms with E-state index in [1.807, 2.05) is 0 Å². The van der Waals surface area contributed by atoms with E-state index < -0.39 is 0 Å². The monoisotopic (exact) mass is 204 g/mol. The molecule has 0 saturated carbocycles. The van der Waals surface area contributed by atoms with Crippen LogP contribution in [0.5, 0.6) is 0 Å². The maximum absolute atomic E-state index is 5.67. The molecule has 0 bridgehead atoms. The summed E-state index contributed by atoms with van der Waals surface area (Å²) in [6.07, 6.45) is 5.25. The number of methoxy groups -OCH3 is 1. The van der Waals surface area contributed by atoms with Crippen molar-refractivity contribution in [1.29, 1.82) is 0 Å². The van der Waals surface area contributed by atoms with Crippen molar-refractivity contribution in [2.45, 2.75) is 12.5 Å². The fourth-order valence-electron chi connectivity index (χ4n) is 1.78. The van der Waals surface area contributed by atoms with Gasteiger partial charge in [0.1, 0.15) is 0 Å². The lowest BCUT2D eigenvalue weighted by Gasteiger charge is -2.17. The summed E-state index contributed by atoms with van der Waals surface area (Å²) in [5, 5.41) is 0. The second-order valence-electron chi connectivity index (χ2n) is 3.67. The van der Waals surface area contributed by atoms with Crippen LogP contribution in [0.1, 0.15) is 11.1 Å². The van der Waals surface area contributed by atoms with E-state index >= 15 is 0 Å². The van der Waals surface area contributed by atoms with Gasteiger partial charge in [0.25, 0.3) is 0 Å². The Morgan fingerprint density at radius 1 is 1.40 bits per heavy atom. The molecule has 2 heteroatoms. The van der Waals surface area contributed by atoms with Crippen molar-refractivity contribution < 1.29 is 9.47 Å². The molecular weight excluding hydrogens is 188 g/mol. The number of ether oxygens (including phenoxy) is 2. The van der Waals surface area contributed by atoms with Gasteiger partial charge in [-0.3, -0.25) is 0 Å². The molecule has 1 aliphatic heterocycles. The molecule has 1 unspecified atom stereocenters. The molecule has 0 aliphatic carbocycles. The van der Waals surface area contributed by atoms with Gasteiger partial charge in [0.05, 0.1) is 19.3 Å². The Kier molecular flexibility index (Phi) is 3.54. The smallest absolute Gasteiger partial charge is 0.0992 e. The van der Waals surface area contributed by atoms with E-state index in [4.69, 9.17) is 9.47 Å². The third-order valence-corrected chi connectivity index (χ3v) is 2.58. The molecule has 1 aromatic rings. The van der Waals surface area contributed by atoms with Crippen LogP contribution < -0.4 is 0 Å². The number of hydrogen-bond donors (Lipinski definition) is 0. The molecule has 1 heterocycles. The fourth-order valence-corrected chi connectivity index (χ4v) is 1.78. The largest absolute Gasteiger partial charge is 0.382 e. The summed E-state index contributed by atoms with van der Waals surface area (Å²) < 4.78 is 10.8. The van der Waals surface area contributed by atoms with Crippen molar-refractivity contribution >= 4 is 6.08 Å².